The maximum Gasteiger partial charge on any atom is 0.323 e. The maximum absolute atomic E-state index is 12.2. The van der Waals surface area contributed by atoms with Crippen molar-refractivity contribution >= 4 is 22.8 Å². The number of carbonyl (C=O) groups excluding carboxylic acids is 1. The van der Waals surface area contributed by atoms with Crippen LogP contribution in [0.15, 0.2) is 36.8 Å². The normalized spacial score (nSPS) is 25.8. The lowest BCUT2D eigenvalue weighted by molar-refractivity contribution is -0.146. The van der Waals surface area contributed by atoms with E-state index in [2.05, 4.69) is 37.8 Å². The van der Waals surface area contributed by atoms with Crippen molar-refractivity contribution in [1.29, 1.82) is 0 Å². The Morgan fingerprint density at radius 2 is 2.08 bits per heavy atom. The van der Waals surface area contributed by atoms with Gasteiger partial charge in [-0.05, 0) is 75.1 Å². The van der Waals surface area contributed by atoms with Gasteiger partial charge in [-0.2, -0.15) is 0 Å². The Morgan fingerprint density at radius 1 is 1.18 bits per heavy atom. The van der Waals surface area contributed by atoms with Crippen LogP contribution in [0, 0.1) is 5.92 Å². The first-order valence-electron chi connectivity index (χ1n) is 13.9. The fraction of sp³-hybridized carbons (Fsp3) is 0.552. The molecule has 2 saturated heterocycles. The third kappa shape index (κ3) is 4.97. The number of benzene rings is 1. The average Bonchev–Trinajstić information content (AvgIpc) is 3.55. The monoisotopic (exact) mass is 519 g/mol. The summed E-state index contributed by atoms with van der Waals surface area (Å²) in [5, 5.41) is 0.883. The number of carbonyl (C=O) groups is 1. The molecule has 0 spiro atoms. The molecule has 9 nitrogen and oxygen atoms in total. The molecule has 6 rings (SSSR count). The molecular formula is C29H37N5O4. The van der Waals surface area contributed by atoms with Crippen molar-refractivity contribution in [2.24, 2.45) is 5.92 Å². The third-order valence-electron chi connectivity index (χ3n) is 8.43. The highest BCUT2D eigenvalue weighted by atomic mass is 16.5. The molecule has 38 heavy (non-hydrogen) atoms. The van der Waals surface area contributed by atoms with E-state index in [-0.39, 0.29) is 18.1 Å². The second-order valence-electron chi connectivity index (χ2n) is 10.9. The van der Waals surface area contributed by atoms with Crippen LogP contribution in [0.2, 0.25) is 0 Å². The minimum atomic E-state index is -0.107. The Hall–Kier alpha value is -3.17. The summed E-state index contributed by atoms with van der Waals surface area (Å²) in [6.07, 6.45) is 11.3. The fourth-order valence-electron chi connectivity index (χ4n) is 6.34. The van der Waals surface area contributed by atoms with E-state index in [0.29, 0.717) is 24.4 Å². The first kappa shape index (κ1) is 25.1. The minimum absolute atomic E-state index is 0.0928. The van der Waals surface area contributed by atoms with Crippen LogP contribution in [-0.4, -0.2) is 71.0 Å². The summed E-state index contributed by atoms with van der Waals surface area (Å²) in [6.45, 7) is 3.28. The van der Waals surface area contributed by atoms with Crippen LogP contribution in [0.3, 0.4) is 0 Å². The van der Waals surface area contributed by atoms with Crippen molar-refractivity contribution in [2.45, 2.75) is 63.1 Å². The zero-order valence-electron chi connectivity index (χ0n) is 22.1. The van der Waals surface area contributed by atoms with Crippen LogP contribution in [0.5, 0.6) is 5.75 Å². The van der Waals surface area contributed by atoms with E-state index >= 15 is 0 Å². The summed E-state index contributed by atoms with van der Waals surface area (Å²) >= 11 is 0. The fourth-order valence-corrected chi connectivity index (χ4v) is 6.34. The Kier molecular flexibility index (Phi) is 7.21. The van der Waals surface area contributed by atoms with Gasteiger partial charge in [-0.1, -0.05) is 12.1 Å². The number of nitrogens with zero attached hydrogens (tertiary/aromatic N) is 4. The second kappa shape index (κ2) is 10.9. The number of esters is 1. The van der Waals surface area contributed by atoms with E-state index in [1.54, 1.807) is 6.33 Å². The van der Waals surface area contributed by atoms with Gasteiger partial charge in [0.25, 0.3) is 0 Å². The van der Waals surface area contributed by atoms with Gasteiger partial charge in [0.2, 0.25) is 0 Å². The van der Waals surface area contributed by atoms with Gasteiger partial charge < -0.3 is 24.5 Å². The maximum atomic E-state index is 12.2. The SMILES string of the molecule is COC(=O)[C@H]1CCCN1C[C@H]1C[C@H](n2cc(-c3cccc(OCC4CCCCO4)c3)c3c(N)ncnc32)C1. The van der Waals surface area contributed by atoms with Crippen molar-refractivity contribution < 1.29 is 19.0 Å². The lowest BCUT2D eigenvalue weighted by Crippen LogP contribution is -2.43. The molecule has 1 aromatic carbocycles. The number of likely N-dealkylation sites (tertiary alicyclic amines) is 1. The Balaban J connectivity index is 1.19. The average molecular weight is 520 g/mol. The van der Waals surface area contributed by atoms with Gasteiger partial charge in [0.05, 0.1) is 18.6 Å². The van der Waals surface area contributed by atoms with E-state index in [1.807, 2.05) is 12.1 Å². The summed E-state index contributed by atoms with van der Waals surface area (Å²) < 4.78 is 19.2. The number of ether oxygens (including phenoxy) is 3. The van der Waals surface area contributed by atoms with Gasteiger partial charge in [-0.15, -0.1) is 0 Å². The van der Waals surface area contributed by atoms with Crippen molar-refractivity contribution in [3.05, 3.63) is 36.8 Å². The molecule has 2 N–H and O–H groups in total. The third-order valence-corrected chi connectivity index (χ3v) is 8.43. The first-order valence-corrected chi connectivity index (χ1v) is 13.9. The number of aromatic nitrogens is 3. The number of nitrogens with two attached hydrogens (primary N) is 1. The Morgan fingerprint density at radius 3 is 2.89 bits per heavy atom. The summed E-state index contributed by atoms with van der Waals surface area (Å²) in [5.74, 6) is 1.75. The molecule has 0 radical (unpaired) electrons. The lowest BCUT2D eigenvalue weighted by Gasteiger charge is -2.39. The molecule has 2 aliphatic heterocycles. The van der Waals surface area contributed by atoms with Gasteiger partial charge in [-0.25, -0.2) is 9.97 Å². The second-order valence-corrected chi connectivity index (χ2v) is 10.9. The topological polar surface area (TPSA) is 105 Å². The van der Waals surface area contributed by atoms with E-state index in [9.17, 15) is 4.79 Å². The molecule has 0 amide bonds. The zero-order chi connectivity index (χ0) is 26.1. The number of methoxy groups -OCH3 is 1. The van der Waals surface area contributed by atoms with Crippen molar-refractivity contribution in [2.75, 3.05) is 39.1 Å². The molecular weight excluding hydrogens is 482 g/mol. The lowest BCUT2D eigenvalue weighted by atomic mass is 9.79. The van der Waals surface area contributed by atoms with Crippen LogP contribution in [-0.2, 0) is 14.3 Å². The summed E-state index contributed by atoms with van der Waals surface area (Å²) in [4.78, 5) is 23.4. The van der Waals surface area contributed by atoms with Gasteiger partial charge in [0.15, 0.2) is 0 Å². The predicted molar refractivity (Wildman–Crippen MR) is 145 cm³/mol. The molecule has 202 valence electrons. The van der Waals surface area contributed by atoms with Crippen LogP contribution in [0.1, 0.15) is 51.0 Å². The molecule has 3 aromatic rings. The van der Waals surface area contributed by atoms with Crippen molar-refractivity contribution in [3.63, 3.8) is 0 Å². The Labute approximate surface area is 223 Å². The van der Waals surface area contributed by atoms with E-state index in [1.165, 1.54) is 13.5 Å². The van der Waals surface area contributed by atoms with Crippen LogP contribution in [0.4, 0.5) is 5.82 Å². The first-order chi connectivity index (χ1) is 18.6. The highest BCUT2D eigenvalue weighted by molar-refractivity contribution is 6.00. The van der Waals surface area contributed by atoms with Gasteiger partial charge in [0, 0.05) is 31.0 Å². The van der Waals surface area contributed by atoms with Gasteiger partial charge >= 0.3 is 5.97 Å². The minimum Gasteiger partial charge on any atom is -0.491 e. The summed E-state index contributed by atoms with van der Waals surface area (Å²) in [6, 6.07) is 8.40. The molecule has 3 fully saturated rings. The predicted octanol–water partition coefficient (Wildman–Crippen LogP) is 4.22. The highest BCUT2D eigenvalue weighted by Crippen LogP contribution is 2.44. The van der Waals surface area contributed by atoms with E-state index in [4.69, 9.17) is 19.9 Å². The number of rotatable bonds is 8. The molecule has 2 aromatic heterocycles. The number of hydrogen-bond acceptors (Lipinski definition) is 8. The molecule has 2 atom stereocenters. The van der Waals surface area contributed by atoms with Crippen molar-refractivity contribution in [3.8, 4) is 16.9 Å². The quantitative estimate of drug-likeness (QED) is 0.441. The standard InChI is InChI=1S/C29H37N5O4/c1-36-29(35)25-9-5-10-33(25)15-19-12-21(13-19)34-16-24(26-27(30)31-18-32-28(26)34)20-6-4-8-22(14-20)38-17-23-7-2-3-11-37-23/h4,6,8,14,16,18-19,21,23,25H,2-3,5,7,9-13,15,17H2,1H3,(H2,30,31,32)/t19-,21-,23?,25-/m1/s1. The molecule has 0 bridgehead atoms. The van der Waals surface area contributed by atoms with E-state index < -0.39 is 0 Å². The zero-order valence-corrected chi connectivity index (χ0v) is 22.1. The smallest absolute Gasteiger partial charge is 0.323 e. The summed E-state index contributed by atoms with van der Waals surface area (Å²) in [7, 11) is 1.48. The number of fused-ring (bicyclic) bond motifs is 1. The molecule has 1 unspecified atom stereocenters. The number of hydrogen-bond donors (Lipinski definition) is 1. The molecule has 4 heterocycles. The van der Waals surface area contributed by atoms with Crippen molar-refractivity contribution in [1.82, 2.24) is 19.4 Å². The van der Waals surface area contributed by atoms with E-state index in [0.717, 1.165) is 86.1 Å². The Bertz CT molecular complexity index is 1280. The molecule has 1 saturated carbocycles. The van der Waals surface area contributed by atoms with Gasteiger partial charge in [-0.3, -0.25) is 9.69 Å². The molecule has 1 aliphatic carbocycles. The molecule has 3 aliphatic rings. The van der Waals surface area contributed by atoms with Gasteiger partial charge in [0.1, 0.15) is 36.2 Å². The number of anilines is 1. The van der Waals surface area contributed by atoms with Crippen LogP contribution < -0.4 is 10.5 Å². The number of nitrogen functional groups attached to an aromatic ring is 1. The van der Waals surface area contributed by atoms with Crippen LogP contribution >= 0.6 is 0 Å². The van der Waals surface area contributed by atoms with Crippen LogP contribution in [0.25, 0.3) is 22.2 Å². The largest absolute Gasteiger partial charge is 0.491 e. The summed E-state index contributed by atoms with van der Waals surface area (Å²) in [5.41, 5.74) is 9.31. The highest BCUT2D eigenvalue weighted by Gasteiger charge is 2.38. The molecule has 9 heteroatoms.